The van der Waals surface area contributed by atoms with Gasteiger partial charge in [-0.25, -0.2) is 4.79 Å². The van der Waals surface area contributed by atoms with Crippen LogP contribution in [0.3, 0.4) is 0 Å². The Balaban J connectivity index is 0. The minimum Gasteiger partial charge on any atom is -0.756 e. The van der Waals surface area contributed by atoms with E-state index in [9.17, 15) is 14.3 Å². The van der Waals surface area contributed by atoms with Crippen molar-refractivity contribution >= 4 is 13.8 Å². The molecule has 94 valence electrons. The molecule has 0 aliphatic carbocycles. The molecule has 0 radical (unpaired) electrons. The van der Waals surface area contributed by atoms with Gasteiger partial charge in [0.2, 0.25) is 0 Å². The first-order chi connectivity index (χ1) is 7.33. The molecule has 0 bridgehead atoms. The van der Waals surface area contributed by atoms with Crippen molar-refractivity contribution in [1.29, 1.82) is 0 Å². The number of phosphoric acid groups is 1. The predicted molar refractivity (Wildman–Crippen MR) is 52.4 cm³/mol. The first kappa shape index (κ1) is 19.6. The van der Waals surface area contributed by atoms with Crippen LogP contribution in [-0.2, 0) is 23.4 Å². The largest absolute Gasteiger partial charge is 1.00 e. The van der Waals surface area contributed by atoms with Gasteiger partial charge in [-0.05, 0) is 6.92 Å². The van der Waals surface area contributed by atoms with Gasteiger partial charge in [-0.2, -0.15) is 0 Å². The molecule has 9 heteroatoms. The molecule has 0 heterocycles. The number of esters is 1. The van der Waals surface area contributed by atoms with E-state index < -0.39 is 13.8 Å². The van der Waals surface area contributed by atoms with Crippen molar-refractivity contribution < 1.29 is 62.7 Å². The summed E-state index contributed by atoms with van der Waals surface area (Å²) in [6.07, 6.45) is 0. The Kier molecular flexibility index (Phi) is 11.8. The van der Waals surface area contributed by atoms with Crippen molar-refractivity contribution in [3.05, 3.63) is 12.2 Å². The van der Waals surface area contributed by atoms with E-state index in [-0.39, 0.29) is 61.6 Å². The molecule has 0 spiro atoms. The molecule has 0 saturated carbocycles. The molecule has 0 fully saturated rings. The fourth-order valence-corrected chi connectivity index (χ4v) is 0.935. The standard InChI is InChI=1S/C8H15O7P.Na/c1-7(2)8(9)14-5-3-13-4-6-15-16(10,11)12;/h1,3-6H2,2H3,(H2,10,11,12);/q;+1/p-1. The zero-order valence-corrected chi connectivity index (χ0v) is 12.8. The second-order valence-electron chi connectivity index (χ2n) is 2.83. The van der Waals surface area contributed by atoms with E-state index in [1.807, 2.05) is 0 Å². The summed E-state index contributed by atoms with van der Waals surface area (Å²) in [5, 5.41) is 0. The van der Waals surface area contributed by atoms with Gasteiger partial charge in [0.05, 0.1) is 19.8 Å². The second-order valence-corrected chi connectivity index (χ2v) is 4.03. The van der Waals surface area contributed by atoms with Crippen LogP contribution in [0.1, 0.15) is 6.92 Å². The number of hydrogen-bond acceptors (Lipinski definition) is 6. The maximum atomic E-state index is 10.8. The summed E-state index contributed by atoms with van der Waals surface area (Å²) in [7, 11) is -4.68. The van der Waals surface area contributed by atoms with E-state index in [1.165, 1.54) is 6.92 Å². The Morgan fingerprint density at radius 3 is 2.35 bits per heavy atom. The fraction of sp³-hybridized carbons (Fsp3) is 0.625. The Morgan fingerprint density at radius 1 is 1.35 bits per heavy atom. The van der Waals surface area contributed by atoms with Crippen molar-refractivity contribution in [3.63, 3.8) is 0 Å². The molecule has 0 aromatic heterocycles. The Hall–Kier alpha value is 0.280. The summed E-state index contributed by atoms with van der Waals surface area (Å²) in [5.41, 5.74) is 0.288. The third-order valence-electron chi connectivity index (χ3n) is 1.29. The Morgan fingerprint density at radius 2 is 1.88 bits per heavy atom. The quantitative estimate of drug-likeness (QED) is 0.162. The van der Waals surface area contributed by atoms with Crippen LogP contribution >= 0.6 is 7.82 Å². The van der Waals surface area contributed by atoms with Crippen LogP contribution in [-0.4, -0.2) is 37.3 Å². The molecule has 0 rings (SSSR count). The van der Waals surface area contributed by atoms with Crippen LogP contribution in [0.15, 0.2) is 12.2 Å². The summed E-state index contributed by atoms with van der Waals surface area (Å²) < 4.78 is 23.7. The third-order valence-corrected chi connectivity index (χ3v) is 1.80. The molecule has 0 aromatic carbocycles. The number of hydrogen-bond donors (Lipinski definition) is 1. The van der Waals surface area contributed by atoms with Gasteiger partial charge in [-0.15, -0.1) is 0 Å². The molecule has 1 unspecified atom stereocenters. The first-order valence-electron chi connectivity index (χ1n) is 4.41. The molecule has 0 saturated heterocycles. The van der Waals surface area contributed by atoms with Crippen LogP contribution < -0.4 is 34.5 Å². The number of rotatable bonds is 8. The molecule has 1 atom stereocenters. The monoisotopic (exact) mass is 276 g/mol. The van der Waals surface area contributed by atoms with Crippen molar-refractivity contribution in [2.24, 2.45) is 0 Å². The summed E-state index contributed by atoms with van der Waals surface area (Å²) in [6.45, 7) is 4.73. The average molecular weight is 276 g/mol. The zero-order chi connectivity index (χ0) is 12.6. The summed E-state index contributed by atoms with van der Waals surface area (Å²) in [6, 6.07) is 0. The number of carbonyl (C=O) groups excluding carboxylic acids is 1. The maximum absolute atomic E-state index is 10.8. The normalized spacial score (nSPS) is 13.4. The number of ether oxygens (including phenoxy) is 2. The van der Waals surface area contributed by atoms with Crippen LogP contribution in [0.5, 0.6) is 0 Å². The summed E-state index contributed by atoms with van der Waals surface area (Å²) in [5.74, 6) is -0.515. The summed E-state index contributed by atoms with van der Waals surface area (Å²) >= 11 is 0. The molecule has 7 nitrogen and oxygen atoms in total. The van der Waals surface area contributed by atoms with E-state index in [2.05, 4.69) is 15.8 Å². The van der Waals surface area contributed by atoms with Gasteiger partial charge < -0.3 is 23.8 Å². The van der Waals surface area contributed by atoms with Crippen molar-refractivity contribution in [2.45, 2.75) is 6.92 Å². The smallest absolute Gasteiger partial charge is 0.756 e. The van der Waals surface area contributed by atoms with E-state index in [1.54, 1.807) is 0 Å². The second kappa shape index (κ2) is 10.2. The van der Waals surface area contributed by atoms with Crippen molar-refractivity contribution in [2.75, 3.05) is 26.4 Å². The Bertz CT molecular complexity index is 288. The molecule has 0 aliphatic heterocycles. The first-order valence-corrected chi connectivity index (χ1v) is 5.91. The molecular weight excluding hydrogens is 262 g/mol. The SMILES string of the molecule is C=C(C)C(=O)OCCOCCOP(=O)([O-])O.[Na+]. The molecule has 0 aliphatic rings. The van der Waals surface area contributed by atoms with E-state index in [4.69, 9.17) is 9.63 Å². The van der Waals surface area contributed by atoms with Gasteiger partial charge in [-0.1, -0.05) is 6.58 Å². The van der Waals surface area contributed by atoms with Crippen LogP contribution in [0, 0.1) is 0 Å². The third kappa shape index (κ3) is 14.2. The van der Waals surface area contributed by atoms with Crippen LogP contribution in [0.2, 0.25) is 0 Å². The molecule has 0 aromatic rings. The van der Waals surface area contributed by atoms with E-state index in [0.29, 0.717) is 0 Å². The van der Waals surface area contributed by atoms with Gasteiger partial charge in [-0.3, -0.25) is 4.57 Å². The van der Waals surface area contributed by atoms with Gasteiger partial charge >= 0.3 is 35.5 Å². The molecule has 17 heavy (non-hydrogen) atoms. The molecule has 0 amide bonds. The van der Waals surface area contributed by atoms with E-state index in [0.717, 1.165) is 0 Å². The van der Waals surface area contributed by atoms with Gasteiger partial charge in [0.25, 0.3) is 7.82 Å². The minimum absolute atomic E-state index is 0. The van der Waals surface area contributed by atoms with E-state index >= 15 is 0 Å². The van der Waals surface area contributed by atoms with Gasteiger partial charge in [0.15, 0.2) is 0 Å². The van der Waals surface area contributed by atoms with Crippen LogP contribution in [0.4, 0.5) is 0 Å². The summed E-state index contributed by atoms with van der Waals surface area (Å²) in [4.78, 5) is 29.2. The zero-order valence-electron chi connectivity index (χ0n) is 9.88. The Labute approximate surface area is 122 Å². The average Bonchev–Trinajstić information content (AvgIpc) is 2.14. The number of carbonyl (C=O) groups is 1. The predicted octanol–water partition coefficient (Wildman–Crippen LogP) is -3.40. The minimum atomic E-state index is -4.68. The molecule has 1 N–H and O–H groups in total. The number of phosphoric ester groups is 1. The van der Waals surface area contributed by atoms with Gasteiger partial charge in [0.1, 0.15) is 6.61 Å². The van der Waals surface area contributed by atoms with Crippen molar-refractivity contribution in [3.8, 4) is 0 Å². The topological polar surface area (TPSA) is 105 Å². The fourth-order valence-electron chi connectivity index (χ4n) is 0.630. The van der Waals surface area contributed by atoms with Crippen LogP contribution in [0.25, 0.3) is 0 Å². The maximum Gasteiger partial charge on any atom is 1.00 e. The van der Waals surface area contributed by atoms with Crippen molar-refractivity contribution in [1.82, 2.24) is 0 Å². The molecular formula is C8H14NaO7P. The van der Waals surface area contributed by atoms with Gasteiger partial charge in [0, 0.05) is 5.57 Å².